The first-order valence-electron chi connectivity index (χ1n) is 44.4. The van der Waals surface area contributed by atoms with Crippen molar-refractivity contribution in [2.24, 2.45) is 23.7 Å². The molecule has 8 aromatic heterocycles. The molecule has 0 amide bonds. The molecule has 13 heterocycles. The minimum absolute atomic E-state index is 0. The summed E-state index contributed by atoms with van der Waals surface area (Å²) in [5.74, 6) is 5.65. The Bertz CT molecular complexity index is 6670. The number of aromatic nitrogens is 16. The first-order valence-corrected chi connectivity index (χ1v) is 50.1. The van der Waals surface area contributed by atoms with E-state index in [0.29, 0.717) is 83.2 Å². The molecule has 45 heteroatoms. The van der Waals surface area contributed by atoms with Crippen molar-refractivity contribution in [3.8, 4) is 0 Å². The van der Waals surface area contributed by atoms with E-state index in [2.05, 4.69) is 170 Å². The maximum absolute atomic E-state index is 12.4. The van der Waals surface area contributed by atoms with Gasteiger partial charge in [0.25, 0.3) is 0 Å². The molecule has 5 aliphatic heterocycles. The van der Waals surface area contributed by atoms with Gasteiger partial charge in [-0.25, -0.2) is 91.0 Å². The molecule has 136 heavy (non-hydrogen) atoms. The number of alkyl halides is 3. The third kappa shape index (κ3) is 23.0. The number of methoxy groups -OCH3 is 3. The molecule has 2 N–H and O–H groups in total. The average Bonchev–Trinajstić information content (AvgIpc) is 1.60. The van der Waals surface area contributed by atoms with Gasteiger partial charge in [0.1, 0.15) is 23.3 Å². The quantitative estimate of drug-likeness (QED) is 0.0416. The SMILES string of the molecule is C.CB1OB(C)OB(C)O1.CCc1cc2c(cc1C(=O)OC)nc1n2CCN(c2ncc(Br)c(C)n2)[C@@H]1C(C)C.CCc1cc2c(cc1C(=O)OC)nc1n2CCN[C@@H]1C(C)C.COC(=O)c1cc2nc3n(c2cc1S(C)(=O)=O)CCN(c1ncc(C)c(C)n1)[C@@H]3C(C)C.Cc1cnc(N2CCn3c(nc4cc(CO)c(S(C)(=O)=O)cc43)[C@H]2C(C)C)nc1C.FC(F)(F)c1nc(Cl)ncc1Br. The smallest absolute Gasteiger partial charge is 0.434 e. The molecule has 0 spiro atoms. The summed E-state index contributed by atoms with van der Waals surface area (Å²) in [6.45, 7) is 42.5. The van der Waals surface area contributed by atoms with E-state index < -0.39 is 42.8 Å². The number of fused-ring (bicyclic) bond motifs is 12. The first kappa shape index (κ1) is 106. The van der Waals surface area contributed by atoms with Gasteiger partial charge < -0.3 is 71.3 Å². The maximum atomic E-state index is 12.4. The van der Waals surface area contributed by atoms with Gasteiger partial charge in [-0.3, -0.25) is 0 Å². The Balaban J connectivity index is 0.000000163. The van der Waals surface area contributed by atoms with E-state index in [4.69, 9.17) is 69.4 Å². The summed E-state index contributed by atoms with van der Waals surface area (Å²) >= 11 is 11.3. The van der Waals surface area contributed by atoms with Crippen LogP contribution in [-0.4, -0.2) is 199 Å². The van der Waals surface area contributed by atoms with Crippen LogP contribution >= 0.6 is 43.5 Å². The normalized spacial score (nSPS) is 16.5. The van der Waals surface area contributed by atoms with E-state index in [9.17, 15) is 49.5 Å². The predicted molar refractivity (Wildman–Crippen MR) is 526 cm³/mol. The third-order valence-electron chi connectivity index (χ3n) is 24.1. The summed E-state index contributed by atoms with van der Waals surface area (Å²) in [5, 5.41) is 12.8. The van der Waals surface area contributed by atoms with E-state index in [-0.39, 0.29) is 103 Å². The molecule has 0 bridgehead atoms. The van der Waals surface area contributed by atoms with Crippen LogP contribution in [0, 0.1) is 58.3 Å². The van der Waals surface area contributed by atoms with Crippen molar-refractivity contribution in [2.45, 2.75) is 218 Å². The zero-order chi connectivity index (χ0) is 98.8. The van der Waals surface area contributed by atoms with Crippen LogP contribution < -0.4 is 20.0 Å². The number of aliphatic hydroxyl groups is 1. The Morgan fingerprint density at radius 3 is 1.19 bits per heavy atom. The number of aryl methyl sites for hydroxylation is 7. The Morgan fingerprint density at radius 1 is 0.485 bits per heavy atom. The van der Waals surface area contributed by atoms with Crippen LogP contribution in [0.4, 0.5) is 31.0 Å². The van der Waals surface area contributed by atoms with Gasteiger partial charge in [0.05, 0.1) is 137 Å². The van der Waals surface area contributed by atoms with Crippen LogP contribution in [0.15, 0.2) is 92.1 Å². The standard InChI is InChI=1S/C22H26BrN5O2.C22H27N5O4S.C21H27N5O3S.C17H23N3O2.C5HBrClF3N2.C3H9B3O3.CH4/c1-6-14-9-18-17(10-15(14)21(29)30-5)26-20-19(12(2)3)28(8-7-27(18)20)22-24-11-16(23)13(4)25-22;1-12(2)19-20-25-16-9-15(21(28)31-5)18(32(6,29)30)10-17(16)26(20)7-8-27(19)22-23-11-13(3)14(4)24-22;1-12(2)19-20-24-16-8-15(11-27)18(30(5,28)29)9-17(16)25(20)6-7-26(19)21-22-10-13(3)14(4)23-21;1-5-11-8-14-13(9-12(11)17(21)22-4)19-16-15(10(2)3)18-6-7-20(14)16;6-2-1-11-4(7)12-3(2)5(8,9)10;1-4-7-5(2)9-6(3)8-4;/h9-12,19H,6-8H2,1-5H3;9-12,19H,7-8H2,1-6H3;8-10,12,19,27H,6-7,11H2,1-5H3;8-10,15,18H,5-7H2,1-4H3;1H;1-3H3;1H4/t3*19-;15-;;;/m1111.../s1. The lowest BCUT2D eigenvalue weighted by molar-refractivity contribution is -0.141. The van der Waals surface area contributed by atoms with Crippen LogP contribution in [0.25, 0.3) is 44.1 Å². The molecule has 5 aliphatic rings. The number of carbonyl (C=O) groups excluding carboxylic acids is 3. The molecule has 0 aliphatic carbocycles. The Morgan fingerprint density at radius 2 is 0.838 bits per heavy atom. The van der Waals surface area contributed by atoms with Gasteiger partial charge in [-0.2, -0.15) is 13.2 Å². The Hall–Kier alpha value is -10.2. The summed E-state index contributed by atoms with van der Waals surface area (Å²) in [7, 11) is -3.46. The van der Waals surface area contributed by atoms with Crippen LogP contribution in [-0.2, 0) is 99.4 Å². The number of sulfone groups is 2. The maximum Gasteiger partial charge on any atom is 0.434 e. The molecular formula is C91H117B3Br2ClF3N20O14S2. The number of halogens is 6. The van der Waals surface area contributed by atoms with E-state index in [1.807, 2.05) is 97.3 Å². The molecule has 1 saturated heterocycles. The summed E-state index contributed by atoms with van der Waals surface area (Å²) in [4.78, 5) is 96.8. The van der Waals surface area contributed by atoms with E-state index in [1.165, 1.54) is 33.5 Å². The van der Waals surface area contributed by atoms with Gasteiger partial charge in [0.2, 0.25) is 23.1 Å². The zero-order valence-electron chi connectivity index (χ0n) is 79.9. The zero-order valence-corrected chi connectivity index (χ0v) is 85.5. The highest BCUT2D eigenvalue weighted by molar-refractivity contribution is 9.10. The number of nitrogens with one attached hydrogen (secondary N) is 1. The van der Waals surface area contributed by atoms with Crippen molar-refractivity contribution < 1.29 is 77.4 Å². The molecule has 17 rings (SSSR count). The average molecular weight is 2060 g/mol. The fourth-order valence-electron chi connectivity index (χ4n) is 17.3. The second kappa shape index (κ2) is 43.9. The molecular weight excluding hydrogens is 1950 g/mol. The van der Waals surface area contributed by atoms with Crippen molar-refractivity contribution in [3.63, 3.8) is 0 Å². The van der Waals surface area contributed by atoms with Crippen molar-refractivity contribution in [2.75, 3.05) is 74.7 Å². The van der Waals surface area contributed by atoms with Crippen LogP contribution in [0.1, 0.15) is 206 Å². The fraction of sp³-hybridized carbons (Fsp3) is 0.484. The van der Waals surface area contributed by atoms with Gasteiger partial charge in [0.15, 0.2) is 25.4 Å². The number of imidazole rings is 4. The number of anilines is 3. The number of hydrogen-bond donors (Lipinski definition) is 2. The molecule has 0 radical (unpaired) electrons. The molecule has 12 aromatic rings. The number of hydrogen-bond acceptors (Lipinski definition) is 30. The van der Waals surface area contributed by atoms with Crippen molar-refractivity contribution >= 4 is 164 Å². The topological polar surface area (TPSA) is 391 Å². The number of esters is 3. The lowest BCUT2D eigenvalue weighted by Gasteiger charge is -2.38. The molecule has 4 aromatic carbocycles. The highest BCUT2D eigenvalue weighted by atomic mass is 79.9. The van der Waals surface area contributed by atoms with Crippen molar-refractivity contribution in [3.05, 3.63) is 178 Å². The number of benzene rings is 4. The second-order valence-electron chi connectivity index (χ2n) is 34.9. The monoisotopic (exact) mass is 2060 g/mol. The molecule has 34 nitrogen and oxygen atoms in total. The predicted octanol–water partition coefficient (Wildman–Crippen LogP) is 16.5. The van der Waals surface area contributed by atoms with Gasteiger partial charge in [-0.15, -0.1) is 0 Å². The lowest BCUT2D eigenvalue weighted by Crippen LogP contribution is -2.44. The van der Waals surface area contributed by atoms with E-state index in [0.717, 1.165) is 158 Å². The Labute approximate surface area is 813 Å². The van der Waals surface area contributed by atoms with Crippen molar-refractivity contribution in [1.82, 2.24) is 83.4 Å². The van der Waals surface area contributed by atoms with Gasteiger partial charge >= 0.3 is 45.4 Å². The number of ether oxygens (including phenoxy) is 3. The summed E-state index contributed by atoms with van der Waals surface area (Å²) < 4.78 is 125. The molecule has 728 valence electrons. The van der Waals surface area contributed by atoms with Crippen LogP contribution in [0.5, 0.6) is 0 Å². The van der Waals surface area contributed by atoms with E-state index >= 15 is 0 Å². The van der Waals surface area contributed by atoms with Gasteiger partial charge in [-0.05, 0) is 211 Å². The third-order valence-corrected chi connectivity index (χ3v) is 27.9. The number of aliphatic hydroxyl groups excluding tert-OH is 1. The number of nitrogens with zero attached hydrogens (tertiary/aromatic N) is 19. The molecule has 0 unspecified atom stereocenters. The largest absolute Gasteiger partial charge is 0.465 e. The summed E-state index contributed by atoms with van der Waals surface area (Å²) in [5.41, 5.74) is 14.0. The van der Waals surface area contributed by atoms with Crippen LogP contribution in [0.2, 0.25) is 25.8 Å². The van der Waals surface area contributed by atoms with E-state index in [1.54, 1.807) is 12.1 Å². The first-order chi connectivity index (χ1) is 63.6. The summed E-state index contributed by atoms with van der Waals surface area (Å²) in [6.07, 6.45) is 5.73. The minimum Gasteiger partial charge on any atom is -0.465 e. The second-order valence-corrected chi connectivity index (χ2v) is 40.9. The van der Waals surface area contributed by atoms with Crippen molar-refractivity contribution in [1.29, 1.82) is 0 Å². The Kier molecular flexibility index (Phi) is 34.3. The summed E-state index contributed by atoms with van der Waals surface area (Å²) in [6, 6.07) is 14.4. The lowest BCUT2D eigenvalue weighted by atomic mass is 9.74. The molecule has 4 atom stereocenters. The highest BCUT2D eigenvalue weighted by Crippen LogP contribution is 2.43. The highest BCUT2D eigenvalue weighted by Gasteiger charge is 2.41. The van der Waals surface area contributed by atoms with Gasteiger partial charge in [-0.1, -0.05) is 76.7 Å². The van der Waals surface area contributed by atoms with Gasteiger partial charge in [0, 0.05) is 101 Å². The fourth-order valence-corrected chi connectivity index (χ4v) is 19.9. The minimum atomic E-state index is -4.51. The van der Waals surface area contributed by atoms with Crippen LogP contribution in [0.3, 0.4) is 0 Å². The molecule has 1 fully saturated rings. The number of rotatable bonds is 15. The molecule has 0 saturated carbocycles. The number of carbonyl (C=O) groups is 3.